The smallest absolute Gasteiger partial charge is 0.416 e. The van der Waals surface area contributed by atoms with Gasteiger partial charge >= 0.3 is 6.18 Å². The van der Waals surface area contributed by atoms with Gasteiger partial charge in [-0.3, -0.25) is 9.69 Å². The van der Waals surface area contributed by atoms with Crippen LogP contribution in [0, 0.1) is 0 Å². The summed E-state index contributed by atoms with van der Waals surface area (Å²) in [5, 5.41) is 0. The predicted molar refractivity (Wildman–Crippen MR) is 124 cm³/mol. The lowest BCUT2D eigenvalue weighted by molar-refractivity contribution is -0.137. The summed E-state index contributed by atoms with van der Waals surface area (Å²) < 4.78 is 67.9. The summed E-state index contributed by atoms with van der Waals surface area (Å²) in [5.74, 6) is -0.0155. The fourth-order valence-electron chi connectivity index (χ4n) is 4.04. The van der Waals surface area contributed by atoms with Crippen molar-refractivity contribution in [1.82, 2.24) is 9.80 Å². The second-order valence-corrected chi connectivity index (χ2v) is 10.6. The molecular formula is C25H25F3N2O4S. The van der Waals surface area contributed by atoms with E-state index in [1.165, 1.54) is 30.5 Å². The van der Waals surface area contributed by atoms with Crippen LogP contribution < -0.4 is 0 Å². The highest BCUT2D eigenvalue weighted by Gasteiger charge is 2.31. The van der Waals surface area contributed by atoms with E-state index in [0.717, 1.165) is 30.7 Å². The molecule has 4 rings (SSSR count). The minimum Gasteiger partial charge on any atom is -0.451 e. The van der Waals surface area contributed by atoms with Crippen molar-refractivity contribution < 1.29 is 30.8 Å². The van der Waals surface area contributed by atoms with Crippen LogP contribution >= 0.6 is 0 Å². The molecule has 6 nitrogen and oxygen atoms in total. The van der Waals surface area contributed by atoms with Gasteiger partial charge in [0.1, 0.15) is 5.76 Å². The molecule has 35 heavy (non-hydrogen) atoms. The molecule has 0 aliphatic carbocycles. The van der Waals surface area contributed by atoms with Crippen LogP contribution in [0.15, 0.2) is 70.0 Å². The third kappa shape index (κ3) is 6.12. The Morgan fingerprint density at radius 3 is 2.40 bits per heavy atom. The monoisotopic (exact) mass is 506 g/mol. The molecule has 1 aromatic heterocycles. The maximum absolute atomic E-state index is 13.0. The molecule has 0 saturated carbocycles. The fraction of sp³-hybridized carbons (Fsp3) is 0.320. The van der Waals surface area contributed by atoms with Crippen LogP contribution in [0.1, 0.15) is 28.1 Å². The maximum atomic E-state index is 13.0. The Kier molecular flexibility index (Phi) is 7.05. The lowest BCUT2D eigenvalue weighted by atomic mass is 10.1. The Morgan fingerprint density at radius 1 is 0.971 bits per heavy atom. The first-order valence-electron chi connectivity index (χ1n) is 11.1. The van der Waals surface area contributed by atoms with Gasteiger partial charge in [-0.2, -0.15) is 13.2 Å². The van der Waals surface area contributed by atoms with Crippen molar-refractivity contribution in [1.29, 1.82) is 0 Å². The number of carbonyl (C=O) groups excluding carboxylic acids is 1. The number of amides is 1. The second kappa shape index (κ2) is 9.87. The van der Waals surface area contributed by atoms with Gasteiger partial charge in [0.2, 0.25) is 0 Å². The molecule has 0 radical (unpaired) electrons. The zero-order chi connectivity index (χ0) is 25.2. The average molecular weight is 507 g/mol. The largest absolute Gasteiger partial charge is 0.451 e. The molecule has 1 saturated heterocycles. The summed E-state index contributed by atoms with van der Waals surface area (Å²) in [7, 11) is -3.24. The van der Waals surface area contributed by atoms with E-state index in [2.05, 4.69) is 4.90 Å². The van der Waals surface area contributed by atoms with E-state index in [1.54, 1.807) is 29.2 Å². The van der Waals surface area contributed by atoms with E-state index < -0.39 is 21.6 Å². The maximum Gasteiger partial charge on any atom is 0.416 e. The van der Waals surface area contributed by atoms with Gasteiger partial charge in [0.25, 0.3) is 5.91 Å². The number of hydrogen-bond acceptors (Lipinski definition) is 5. The first kappa shape index (κ1) is 25.0. The van der Waals surface area contributed by atoms with Crippen LogP contribution in [0.2, 0.25) is 0 Å². The number of sulfone groups is 1. The first-order valence-corrected chi connectivity index (χ1v) is 13.0. The van der Waals surface area contributed by atoms with Crippen LogP contribution in [0.25, 0.3) is 11.3 Å². The molecule has 2 aromatic carbocycles. The molecule has 0 atom stereocenters. The lowest BCUT2D eigenvalue weighted by Crippen LogP contribution is -2.34. The van der Waals surface area contributed by atoms with Gasteiger partial charge in [0.15, 0.2) is 15.6 Å². The van der Waals surface area contributed by atoms with Gasteiger partial charge in [-0.15, -0.1) is 0 Å². The molecule has 1 amide bonds. The first-order chi connectivity index (χ1) is 16.5. The Bertz CT molecular complexity index is 1300. The quantitative estimate of drug-likeness (QED) is 0.501. The standard InChI is InChI=1S/C25H25F3N2O4S/c1-35(32,33)21-8-6-18(7-9-21)17-29-12-3-13-30(15-14-29)24(31)23-11-10-22(34-23)19-4-2-5-20(16-19)25(26,27)28/h2,4-11,16H,3,12-15,17H2,1H3. The van der Waals surface area contributed by atoms with E-state index in [0.29, 0.717) is 26.2 Å². The van der Waals surface area contributed by atoms with Crippen LogP contribution in [0.3, 0.4) is 0 Å². The van der Waals surface area contributed by atoms with E-state index >= 15 is 0 Å². The Balaban J connectivity index is 1.39. The van der Waals surface area contributed by atoms with E-state index in [4.69, 9.17) is 4.42 Å². The Hall–Kier alpha value is -3.11. The molecule has 2 heterocycles. The Labute approximate surface area is 201 Å². The summed E-state index contributed by atoms with van der Waals surface area (Å²) in [6.07, 6.45) is -2.55. The molecular weight excluding hydrogens is 481 g/mol. The second-order valence-electron chi connectivity index (χ2n) is 8.58. The molecule has 1 fully saturated rings. The summed E-state index contributed by atoms with van der Waals surface area (Å²) in [6.45, 7) is 3.03. The van der Waals surface area contributed by atoms with Gasteiger partial charge < -0.3 is 9.32 Å². The number of carbonyl (C=O) groups is 1. The van der Waals surface area contributed by atoms with Crippen LogP contribution in [0.5, 0.6) is 0 Å². The number of benzene rings is 2. The Morgan fingerprint density at radius 2 is 1.71 bits per heavy atom. The number of halogens is 3. The minimum atomic E-state index is -4.46. The zero-order valence-electron chi connectivity index (χ0n) is 19.1. The lowest BCUT2D eigenvalue weighted by Gasteiger charge is -2.21. The van der Waals surface area contributed by atoms with Gasteiger partial charge in [-0.25, -0.2) is 8.42 Å². The van der Waals surface area contributed by atoms with Crippen LogP contribution in [0.4, 0.5) is 13.2 Å². The van der Waals surface area contributed by atoms with Gasteiger partial charge in [-0.1, -0.05) is 24.3 Å². The van der Waals surface area contributed by atoms with Crippen molar-refractivity contribution >= 4 is 15.7 Å². The fourth-order valence-corrected chi connectivity index (χ4v) is 4.68. The van der Waals surface area contributed by atoms with Crippen molar-refractivity contribution in [3.8, 4) is 11.3 Å². The van der Waals surface area contributed by atoms with E-state index in [9.17, 15) is 26.4 Å². The molecule has 1 aliphatic heterocycles. The van der Waals surface area contributed by atoms with Crippen molar-refractivity contribution in [3.05, 3.63) is 77.6 Å². The van der Waals surface area contributed by atoms with E-state index in [-0.39, 0.29) is 27.9 Å². The van der Waals surface area contributed by atoms with Crippen molar-refractivity contribution in [2.24, 2.45) is 0 Å². The molecule has 186 valence electrons. The minimum absolute atomic E-state index is 0.0854. The topological polar surface area (TPSA) is 70.8 Å². The van der Waals surface area contributed by atoms with Gasteiger partial charge in [0.05, 0.1) is 10.5 Å². The van der Waals surface area contributed by atoms with Gasteiger partial charge in [0, 0.05) is 44.5 Å². The van der Waals surface area contributed by atoms with Gasteiger partial charge in [-0.05, 0) is 48.4 Å². The molecule has 1 aliphatic rings. The number of alkyl halides is 3. The molecule has 0 unspecified atom stereocenters. The van der Waals surface area contributed by atoms with Crippen molar-refractivity contribution in [2.75, 3.05) is 32.4 Å². The normalized spacial score (nSPS) is 15.7. The third-order valence-electron chi connectivity index (χ3n) is 5.92. The zero-order valence-corrected chi connectivity index (χ0v) is 19.9. The van der Waals surface area contributed by atoms with Crippen molar-refractivity contribution in [3.63, 3.8) is 0 Å². The van der Waals surface area contributed by atoms with Crippen molar-refractivity contribution in [2.45, 2.75) is 24.0 Å². The highest BCUT2D eigenvalue weighted by atomic mass is 32.2. The van der Waals surface area contributed by atoms with Crippen LogP contribution in [-0.2, 0) is 22.6 Å². The molecule has 10 heteroatoms. The predicted octanol–water partition coefficient (Wildman–Crippen LogP) is 4.72. The number of rotatable bonds is 5. The number of furan rings is 1. The number of hydrogen-bond donors (Lipinski definition) is 0. The summed E-state index contributed by atoms with van der Waals surface area (Å²) in [4.78, 5) is 17.1. The highest BCUT2D eigenvalue weighted by molar-refractivity contribution is 7.90. The van der Waals surface area contributed by atoms with Crippen LogP contribution in [-0.4, -0.2) is 56.6 Å². The molecule has 0 N–H and O–H groups in total. The molecule has 3 aromatic rings. The third-order valence-corrected chi connectivity index (χ3v) is 7.05. The summed E-state index contributed by atoms with van der Waals surface area (Å²) in [5.41, 5.74) is 0.453. The number of nitrogens with zero attached hydrogens (tertiary/aromatic N) is 2. The average Bonchev–Trinajstić information content (AvgIpc) is 3.19. The summed E-state index contributed by atoms with van der Waals surface area (Å²) in [6, 6.07) is 14.6. The summed E-state index contributed by atoms with van der Waals surface area (Å²) >= 11 is 0. The SMILES string of the molecule is CS(=O)(=O)c1ccc(CN2CCCN(C(=O)c3ccc(-c4cccc(C(F)(F)F)c4)o3)CC2)cc1. The van der Waals surface area contributed by atoms with E-state index in [1.807, 2.05) is 0 Å². The molecule has 0 bridgehead atoms. The molecule has 0 spiro atoms. The highest BCUT2D eigenvalue weighted by Crippen LogP contribution is 2.32.